The van der Waals surface area contributed by atoms with E-state index >= 15 is 0 Å². The fourth-order valence-electron chi connectivity index (χ4n) is 3.36. The molecule has 0 amide bonds. The van der Waals surface area contributed by atoms with Gasteiger partial charge in [0.2, 0.25) is 0 Å². The molecule has 29 heavy (non-hydrogen) atoms. The van der Waals surface area contributed by atoms with Crippen LogP contribution in [0.3, 0.4) is 0 Å². The number of hydrogen-bond donors (Lipinski definition) is 0. The zero-order valence-corrected chi connectivity index (χ0v) is 19.4. The monoisotopic (exact) mass is 394 g/mol. The van der Waals surface area contributed by atoms with Gasteiger partial charge in [0, 0.05) is 17.1 Å². The number of carbonyl (C=O) groups excluding carboxylic acids is 2. The van der Waals surface area contributed by atoms with E-state index in [1.807, 2.05) is 0 Å². The molecule has 1 rings (SSSR count). The van der Waals surface area contributed by atoms with Gasteiger partial charge in [0.1, 0.15) is 0 Å². The molecule has 0 N–H and O–H groups in total. The van der Waals surface area contributed by atoms with Crippen molar-refractivity contribution >= 4 is 11.6 Å². The minimum Gasteiger partial charge on any atom is -0.290 e. The van der Waals surface area contributed by atoms with Crippen LogP contribution in [-0.4, -0.2) is 11.6 Å². The molecular formula is C27H38O2. The second-order valence-corrected chi connectivity index (χ2v) is 8.70. The summed E-state index contributed by atoms with van der Waals surface area (Å²) in [5, 5.41) is 0. The molecule has 1 aliphatic carbocycles. The van der Waals surface area contributed by atoms with E-state index in [-0.39, 0.29) is 17.5 Å². The summed E-state index contributed by atoms with van der Waals surface area (Å²) >= 11 is 0. The van der Waals surface area contributed by atoms with E-state index in [1.54, 1.807) is 6.92 Å². The maximum Gasteiger partial charge on any atom is 0.185 e. The van der Waals surface area contributed by atoms with E-state index < -0.39 is 0 Å². The van der Waals surface area contributed by atoms with Crippen molar-refractivity contribution in [3.8, 4) is 0 Å². The highest BCUT2D eigenvalue weighted by Crippen LogP contribution is 2.27. The summed E-state index contributed by atoms with van der Waals surface area (Å²) in [7, 11) is 0. The van der Waals surface area contributed by atoms with Gasteiger partial charge in [-0.2, -0.15) is 0 Å². The first kappa shape index (κ1) is 24.8. The normalized spacial score (nSPS) is 16.2. The van der Waals surface area contributed by atoms with Crippen molar-refractivity contribution in [2.45, 2.75) is 80.6 Å². The van der Waals surface area contributed by atoms with E-state index in [0.29, 0.717) is 11.1 Å². The third-order valence-electron chi connectivity index (χ3n) is 5.06. The van der Waals surface area contributed by atoms with Crippen molar-refractivity contribution in [1.82, 2.24) is 0 Å². The van der Waals surface area contributed by atoms with Crippen LogP contribution in [0.5, 0.6) is 0 Å². The first-order chi connectivity index (χ1) is 13.6. The van der Waals surface area contributed by atoms with Crippen molar-refractivity contribution in [3.05, 3.63) is 69.9 Å². The Morgan fingerprint density at radius 2 is 1.38 bits per heavy atom. The van der Waals surface area contributed by atoms with Crippen LogP contribution in [0, 0.1) is 5.92 Å². The molecule has 0 aromatic carbocycles. The van der Waals surface area contributed by atoms with E-state index in [9.17, 15) is 9.59 Å². The van der Waals surface area contributed by atoms with Crippen LogP contribution in [0.25, 0.3) is 0 Å². The molecule has 0 saturated carbocycles. The first-order valence-electron chi connectivity index (χ1n) is 10.7. The third-order valence-corrected chi connectivity index (χ3v) is 5.06. The fourth-order valence-corrected chi connectivity index (χ4v) is 3.36. The van der Waals surface area contributed by atoms with Crippen molar-refractivity contribution in [2.75, 3.05) is 0 Å². The summed E-state index contributed by atoms with van der Waals surface area (Å²) in [6, 6.07) is 0. The molecule has 1 aliphatic rings. The second-order valence-electron chi connectivity index (χ2n) is 8.70. The van der Waals surface area contributed by atoms with Crippen molar-refractivity contribution < 1.29 is 9.59 Å². The average molecular weight is 395 g/mol. The molecule has 0 aromatic heterocycles. The van der Waals surface area contributed by atoms with Crippen LogP contribution in [-0.2, 0) is 9.59 Å². The van der Waals surface area contributed by atoms with Crippen molar-refractivity contribution in [3.63, 3.8) is 0 Å². The number of carbonyl (C=O) groups is 2. The zero-order chi connectivity index (χ0) is 22.0. The summed E-state index contributed by atoms with van der Waals surface area (Å²) in [6.07, 6.45) is 16.7. The van der Waals surface area contributed by atoms with Crippen molar-refractivity contribution in [2.24, 2.45) is 5.92 Å². The molecule has 0 heterocycles. The molecular weight excluding hydrogens is 356 g/mol. The predicted molar refractivity (Wildman–Crippen MR) is 125 cm³/mol. The number of hydrogen-bond acceptors (Lipinski definition) is 2. The van der Waals surface area contributed by atoms with E-state index in [4.69, 9.17) is 0 Å². The summed E-state index contributed by atoms with van der Waals surface area (Å²) in [5.74, 6) is -0.138. The SMILES string of the molecule is CC(C)=CCC/C(C)=C/CC(/C=C(\C)CCC=C(C)C)C1=CC(=O)C=C(C)C1=O. The summed E-state index contributed by atoms with van der Waals surface area (Å²) in [6.45, 7) is 14.5. The number of Topliss-reactive ketones (excluding diaryl/α,β-unsaturated/α-hetero) is 1. The fraction of sp³-hybridized carbons (Fsp3) is 0.481. The zero-order valence-electron chi connectivity index (χ0n) is 19.4. The van der Waals surface area contributed by atoms with Crippen LogP contribution >= 0.6 is 0 Å². The molecule has 0 aromatic rings. The molecule has 0 aliphatic heterocycles. The predicted octanol–water partition coefficient (Wildman–Crippen LogP) is 7.40. The Bertz CT molecular complexity index is 786. The average Bonchev–Trinajstić information content (AvgIpc) is 2.61. The number of allylic oxidation sites excluding steroid dienone is 12. The molecule has 0 spiro atoms. The van der Waals surface area contributed by atoms with Gasteiger partial charge >= 0.3 is 0 Å². The Kier molecular flexibility index (Phi) is 10.6. The quantitative estimate of drug-likeness (QED) is 0.286. The van der Waals surface area contributed by atoms with Gasteiger partial charge in [0.15, 0.2) is 11.6 Å². The topological polar surface area (TPSA) is 34.1 Å². The minimum absolute atomic E-state index is 0.00135. The molecule has 0 saturated heterocycles. The maximum absolute atomic E-state index is 12.7. The van der Waals surface area contributed by atoms with Crippen LogP contribution in [0.15, 0.2) is 69.9 Å². The highest BCUT2D eigenvalue weighted by Gasteiger charge is 2.24. The van der Waals surface area contributed by atoms with Crippen LogP contribution in [0.2, 0.25) is 0 Å². The highest BCUT2D eigenvalue weighted by molar-refractivity contribution is 6.20. The van der Waals surface area contributed by atoms with Gasteiger partial charge in [-0.3, -0.25) is 9.59 Å². The largest absolute Gasteiger partial charge is 0.290 e. The highest BCUT2D eigenvalue weighted by atomic mass is 16.1. The first-order valence-corrected chi connectivity index (χ1v) is 10.7. The lowest BCUT2D eigenvalue weighted by Gasteiger charge is -2.19. The van der Waals surface area contributed by atoms with Gasteiger partial charge in [-0.1, -0.05) is 46.6 Å². The molecule has 0 fully saturated rings. The van der Waals surface area contributed by atoms with Gasteiger partial charge < -0.3 is 0 Å². The molecule has 2 nitrogen and oxygen atoms in total. The minimum atomic E-state index is -0.0815. The third kappa shape index (κ3) is 9.69. The van der Waals surface area contributed by atoms with E-state index in [0.717, 1.165) is 32.1 Å². The molecule has 158 valence electrons. The Hall–Kier alpha value is -2.22. The number of rotatable bonds is 10. The Morgan fingerprint density at radius 1 is 0.828 bits per heavy atom. The summed E-state index contributed by atoms with van der Waals surface area (Å²) in [4.78, 5) is 24.8. The van der Waals surface area contributed by atoms with E-state index in [2.05, 4.69) is 65.8 Å². The molecule has 0 radical (unpaired) electrons. The maximum atomic E-state index is 12.7. The Morgan fingerprint density at radius 3 is 1.93 bits per heavy atom. The van der Waals surface area contributed by atoms with Gasteiger partial charge in [0.25, 0.3) is 0 Å². The lowest BCUT2D eigenvalue weighted by Crippen LogP contribution is -2.18. The van der Waals surface area contributed by atoms with Gasteiger partial charge in [0.05, 0.1) is 0 Å². The Labute approximate surface area is 177 Å². The molecule has 2 heteroatoms. The lowest BCUT2D eigenvalue weighted by molar-refractivity contribution is -0.115. The smallest absolute Gasteiger partial charge is 0.185 e. The van der Waals surface area contributed by atoms with E-state index in [1.165, 1.54) is 34.4 Å². The van der Waals surface area contributed by atoms with Gasteiger partial charge in [-0.05, 0) is 92.7 Å². The standard InChI is InChI=1S/C27H38O2/c1-19(2)10-8-12-21(5)14-15-24(16-22(6)13-9-11-20(3)4)26-18-25(28)17-23(7)27(26)29/h10-11,14,16-18,24H,8-9,12-13,15H2,1-7H3/b21-14+,22-16+. The van der Waals surface area contributed by atoms with Crippen LogP contribution in [0.4, 0.5) is 0 Å². The summed E-state index contributed by atoms with van der Waals surface area (Å²) < 4.78 is 0. The molecule has 0 bridgehead atoms. The number of ketones is 2. The molecule has 1 atom stereocenters. The van der Waals surface area contributed by atoms with Crippen molar-refractivity contribution in [1.29, 1.82) is 0 Å². The van der Waals surface area contributed by atoms with Gasteiger partial charge in [-0.15, -0.1) is 0 Å². The second kappa shape index (κ2) is 12.4. The molecule has 1 unspecified atom stereocenters. The van der Waals surface area contributed by atoms with Gasteiger partial charge in [-0.25, -0.2) is 0 Å². The van der Waals surface area contributed by atoms with Crippen LogP contribution in [0.1, 0.15) is 80.6 Å². The van der Waals surface area contributed by atoms with Crippen LogP contribution < -0.4 is 0 Å². The Balaban J connectivity index is 3.03. The summed E-state index contributed by atoms with van der Waals surface area (Å²) in [5.41, 5.74) is 6.41. The lowest BCUT2D eigenvalue weighted by atomic mass is 9.83.